The number of carbonyl (C=O) groups excluding carboxylic acids is 1. The van der Waals surface area contributed by atoms with Gasteiger partial charge in [0.25, 0.3) is 5.91 Å². The molecule has 1 aliphatic heterocycles. The van der Waals surface area contributed by atoms with Crippen LogP contribution in [0.2, 0.25) is 0 Å². The van der Waals surface area contributed by atoms with Gasteiger partial charge in [-0.05, 0) is 30.5 Å². The Kier molecular flexibility index (Phi) is 3.62. The largest absolute Gasteiger partial charge is 0.338 e. The van der Waals surface area contributed by atoms with Gasteiger partial charge in [-0.1, -0.05) is 0 Å². The normalized spacial score (nSPS) is 19.7. The van der Waals surface area contributed by atoms with Crippen molar-refractivity contribution in [2.75, 3.05) is 19.0 Å². The molecular weight excluding hydrogens is 248 g/mol. The van der Waals surface area contributed by atoms with Crippen LogP contribution in [0.1, 0.15) is 16.8 Å². The summed E-state index contributed by atoms with van der Waals surface area (Å²) < 4.78 is 25.7. The molecule has 0 aromatic heterocycles. The monoisotopic (exact) mass is 259 g/mol. The highest BCUT2D eigenvalue weighted by Crippen LogP contribution is 2.20. The molecule has 0 aliphatic carbocycles. The number of alkyl halides is 1. The van der Waals surface area contributed by atoms with Crippen molar-refractivity contribution in [1.29, 1.82) is 0 Å². The minimum Gasteiger partial charge on any atom is -0.338 e. The maximum Gasteiger partial charge on any atom is 0.253 e. The maximum absolute atomic E-state index is 13.0. The van der Waals surface area contributed by atoms with E-state index in [1.54, 1.807) is 4.90 Å². The highest BCUT2D eigenvalue weighted by atomic mass is 35.5. The summed E-state index contributed by atoms with van der Waals surface area (Å²) in [4.78, 5) is 13.6. The Hall–Kier alpha value is -1.16. The van der Waals surface area contributed by atoms with Crippen LogP contribution in [-0.2, 0) is 0 Å². The van der Waals surface area contributed by atoms with Crippen LogP contribution >= 0.6 is 11.6 Å². The summed E-state index contributed by atoms with van der Waals surface area (Å²) in [6, 6.07) is 3.21. The van der Waals surface area contributed by atoms with E-state index in [1.807, 2.05) is 0 Å². The highest BCUT2D eigenvalue weighted by molar-refractivity contribution is 6.18. The molecule has 0 saturated carbocycles. The topological polar surface area (TPSA) is 20.3 Å². The van der Waals surface area contributed by atoms with Crippen LogP contribution in [0.4, 0.5) is 8.78 Å². The molecule has 2 rings (SSSR count). The molecule has 1 fully saturated rings. The van der Waals surface area contributed by atoms with E-state index in [1.165, 1.54) is 6.07 Å². The average molecular weight is 260 g/mol. The van der Waals surface area contributed by atoms with Crippen molar-refractivity contribution in [3.8, 4) is 0 Å². The summed E-state index contributed by atoms with van der Waals surface area (Å²) in [6.07, 6.45) is 0.860. The average Bonchev–Trinajstić information content (AvgIpc) is 2.80. The Labute approximate surface area is 103 Å². The molecule has 1 heterocycles. The predicted octanol–water partition coefficient (Wildman–Crippen LogP) is 2.67. The van der Waals surface area contributed by atoms with Crippen molar-refractivity contribution in [2.45, 2.75) is 6.42 Å². The Bertz CT molecular complexity index is 439. The van der Waals surface area contributed by atoms with Gasteiger partial charge in [0.2, 0.25) is 0 Å². The van der Waals surface area contributed by atoms with Crippen molar-refractivity contribution in [1.82, 2.24) is 4.90 Å². The minimum atomic E-state index is -0.996. The summed E-state index contributed by atoms with van der Waals surface area (Å²) >= 11 is 5.72. The predicted molar refractivity (Wildman–Crippen MR) is 61.1 cm³/mol. The van der Waals surface area contributed by atoms with Crippen LogP contribution in [0, 0.1) is 17.6 Å². The minimum absolute atomic E-state index is 0.180. The smallest absolute Gasteiger partial charge is 0.253 e. The van der Waals surface area contributed by atoms with E-state index < -0.39 is 11.6 Å². The maximum atomic E-state index is 13.0. The van der Waals surface area contributed by atoms with E-state index in [2.05, 4.69) is 0 Å². The number of amides is 1. The first-order chi connectivity index (χ1) is 8.11. The third kappa shape index (κ3) is 2.57. The van der Waals surface area contributed by atoms with Gasteiger partial charge in [-0.2, -0.15) is 0 Å². The first-order valence-corrected chi connectivity index (χ1v) is 5.95. The molecule has 1 aromatic carbocycles. The lowest BCUT2D eigenvalue weighted by Gasteiger charge is -2.16. The van der Waals surface area contributed by atoms with Crippen molar-refractivity contribution < 1.29 is 13.6 Å². The Morgan fingerprint density at radius 2 is 2.18 bits per heavy atom. The number of likely N-dealkylation sites (tertiary alicyclic amines) is 1. The molecular formula is C12H12ClF2NO. The third-order valence-electron chi connectivity index (χ3n) is 2.96. The molecule has 0 radical (unpaired) electrons. The highest BCUT2D eigenvalue weighted by Gasteiger charge is 2.26. The lowest BCUT2D eigenvalue weighted by molar-refractivity contribution is 0.0787. The number of nitrogens with zero attached hydrogens (tertiary/aromatic N) is 1. The van der Waals surface area contributed by atoms with Gasteiger partial charge in [-0.3, -0.25) is 4.79 Å². The second-order valence-electron chi connectivity index (χ2n) is 4.19. The number of hydrogen-bond acceptors (Lipinski definition) is 1. The number of carbonyl (C=O) groups is 1. The second kappa shape index (κ2) is 5.00. The van der Waals surface area contributed by atoms with Gasteiger partial charge < -0.3 is 4.90 Å². The molecule has 2 nitrogen and oxygen atoms in total. The fourth-order valence-corrected chi connectivity index (χ4v) is 2.21. The molecule has 1 amide bonds. The van der Waals surface area contributed by atoms with Crippen molar-refractivity contribution >= 4 is 17.5 Å². The number of rotatable bonds is 2. The Balaban J connectivity index is 2.12. The zero-order valence-electron chi connectivity index (χ0n) is 9.13. The van der Waals surface area contributed by atoms with Crippen molar-refractivity contribution in [2.24, 2.45) is 5.92 Å². The standard InChI is InChI=1S/C12H12ClF2NO/c13-6-8-3-4-16(7-8)12(17)9-1-2-10(14)11(15)5-9/h1-2,5,8H,3-4,6-7H2. The SMILES string of the molecule is O=C(c1ccc(F)c(F)c1)N1CCC(CCl)C1. The molecule has 1 atom stereocenters. The molecule has 0 spiro atoms. The first kappa shape index (κ1) is 12.3. The fraction of sp³-hybridized carbons (Fsp3) is 0.417. The fourth-order valence-electron chi connectivity index (χ4n) is 1.95. The molecule has 1 saturated heterocycles. The third-order valence-corrected chi connectivity index (χ3v) is 3.39. The molecule has 0 N–H and O–H groups in total. The van der Waals surface area contributed by atoms with E-state index in [-0.39, 0.29) is 11.5 Å². The van der Waals surface area contributed by atoms with Gasteiger partial charge in [-0.25, -0.2) is 8.78 Å². The first-order valence-electron chi connectivity index (χ1n) is 5.42. The van der Waals surface area contributed by atoms with E-state index in [9.17, 15) is 13.6 Å². The molecule has 92 valence electrons. The van der Waals surface area contributed by atoms with Gasteiger partial charge >= 0.3 is 0 Å². The number of halogens is 3. The Morgan fingerprint density at radius 3 is 2.76 bits per heavy atom. The van der Waals surface area contributed by atoms with Crippen molar-refractivity contribution in [3.05, 3.63) is 35.4 Å². The van der Waals surface area contributed by atoms with E-state index in [0.717, 1.165) is 18.6 Å². The van der Waals surface area contributed by atoms with Crippen molar-refractivity contribution in [3.63, 3.8) is 0 Å². The summed E-state index contributed by atoms with van der Waals surface area (Å²) in [5, 5.41) is 0. The van der Waals surface area contributed by atoms with Gasteiger partial charge in [-0.15, -0.1) is 11.6 Å². The van der Waals surface area contributed by atoms with Crippen LogP contribution < -0.4 is 0 Å². The summed E-state index contributed by atoms with van der Waals surface area (Å²) in [5.74, 6) is -1.39. The van der Waals surface area contributed by atoms with Gasteiger partial charge in [0.1, 0.15) is 0 Å². The van der Waals surface area contributed by atoms with Crippen LogP contribution in [0.25, 0.3) is 0 Å². The zero-order chi connectivity index (χ0) is 12.4. The molecule has 5 heteroatoms. The molecule has 1 aliphatic rings. The summed E-state index contributed by atoms with van der Waals surface area (Å²) in [5.41, 5.74) is 0.180. The molecule has 1 unspecified atom stereocenters. The van der Waals surface area contributed by atoms with E-state index in [0.29, 0.717) is 24.9 Å². The van der Waals surface area contributed by atoms with E-state index in [4.69, 9.17) is 11.6 Å². The zero-order valence-corrected chi connectivity index (χ0v) is 9.88. The van der Waals surface area contributed by atoms with Crippen LogP contribution in [-0.4, -0.2) is 29.8 Å². The quantitative estimate of drug-likeness (QED) is 0.748. The second-order valence-corrected chi connectivity index (χ2v) is 4.50. The molecule has 1 aromatic rings. The van der Waals surface area contributed by atoms with Gasteiger partial charge in [0.15, 0.2) is 11.6 Å². The Morgan fingerprint density at radius 1 is 1.41 bits per heavy atom. The number of benzene rings is 1. The van der Waals surface area contributed by atoms with Crippen LogP contribution in [0.5, 0.6) is 0 Å². The van der Waals surface area contributed by atoms with Gasteiger partial charge in [0, 0.05) is 24.5 Å². The lowest BCUT2D eigenvalue weighted by Crippen LogP contribution is -2.29. The summed E-state index contributed by atoms with van der Waals surface area (Å²) in [7, 11) is 0. The van der Waals surface area contributed by atoms with Gasteiger partial charge in [0.05, 0.1) is 0 Å². The van der Waals surface area contributed by atoms with Crippen LogP contribution in [0.15, 0.2) is 18.2 Å². The number of hydrogen-bond donors (Lipinski definition) is 0. The summed E-state index contributed by atoms with van der Waals surface area (Å²) in [6.45, 7) is 1.20. The van der Waals surface area contributed by atoms with Crippen LogP contribution in [0.3, 0.4) is 0 Å². The lowest BCUT2D eigenvalue weighted by atomic mass is 10.1. The molecule has 0 bridgehead atoms. The van der Waals surface area contributed by atoms with E-state index >= 15 is 0 Å². The molecule has 17 heavy (non-hydrogen) atoms.